The van der Waals surface area contributed by atoms with E-state index in [1.165, 1.54) is 62.5 Å². The second-order valence-electron chi connectivity index (χ2n) is 7.66. The minimum absolute atomic E-state index is 0.134. The molecule has 2 aliphatic rings. The molecule has 3 rings (SSSR count). The molecule has 1 saturated carbocycles. The number of hydrogen-bond donors (Lipinski definition) is 0. The highest BCUT2D eigenvalue weighted by Gasteiger charge is 2.24. The number of carbonyl (C=O) groups excluding carboxylic acids is 1. The molecule has 1 aromatic rings. The van der Waals surface area contributed by atoms with Gasteiger partial charge in [0.2, 0.25) is 0 Å². The standard InChI is InChI=1S/C22H32O3/c1-2-24-22(23)7-4-14-25-21-13-12-19-10-8-18(9-11-20(19)16-21)15-17-5-3-6-17/h12-13,16-18H,2-11,14-15H2,1H3. The molecular weight excluding hydrogens is 312 g/mol. The number of ether oxygens (including phenoxy) is 2. The van der Waals surface area contributed by atoms with Crippen LogP contribution in [0.25, 0.3) is 0 Å². The predicted molar refractivity (Wildman–Crippen MR) is 99.9 cm³/mol. The molecule has 0 N–H and O–H groups in total. The number of aryl methyl sites for hydroxylation is 2. The fourth-order valence-corrected chi connectivity index (χ4v) is 4.11. The first-order valence-corrected chi connectivity index (χ1v) is 10.1. The van der Waals surface area contributed by atoms with Gasteiger partial charge in [-0.3, -0.25) is 4.79 Å². The average molecular weight is 344 g/mol. The lowest BCUT2D eigenvalue weighted by Crippen LogP contribution is -2.16. The molecule has 138 valence electrons. The third kappa shape index (κ3) is 5.49. The van der Waals surface area contributed by atoms with Gasteiger partial charge >= 0.3 is 5.97 Å². The van der Waals surface area contributed by atoms with E-state index in [9.17, 15) is 4.79 Å². The number of carbonyl (C=O) groups is 1. The summed E-state index contributed by atoms with van der Waals surface area (Å²) < 4.78 is 10.8. The van der Waals surface area contributed by atoms with E-state index in [0.717, 1.165) is 17.6 Å². The number of esters is 1. The molecule has 0 aromatic heterocycles. The minimum atomic E-state index is -0.134. The molecular formula is C22H32O3. The Labute approximate surface area is 152 Å². The van der Waals surface area contributed by atoms with Crippen LogP contribution >= 0.6 is 0 Å². The number of rotatable bonds is 8. The molecule has 0 spiro atoms. The Morgan fingerprint density at radius 3 is 2.56 bits per heavy atom. The monoisotopic (exact) mass is 344 g/mol. The Kier molecular flexibility index (Phi) is 6.77. The van der Waals surface area contributed by atoms with Crippen molar-refractivity contribution >= 4 is 5.97 Å². The lowest BCUT2D eigenvalue weighted by molar-refractivity contribution is -0.143. The van der Waals surface area contributed by atoms with Crippen molar-refractivity contribution < 1.29 is 14.3 Å². The van der Waals surface area contributed by atoms with Crippen molar-refractivity contribution in [3.63, 3.8) is 0 Å². The topological polar surface area (TPSA) is 35.5 Å². The number of benzene rings is 1. The highest BCUT2D eigenvalue weighted by Crippen LogP contribution is 2.37. The Balaban J connectivity index is 1.45. The van der Waals surface area contributed by atoms with Crippen LogP contribution in [0.15, 0.2) is 18.2 Å². The second-order valence-corrected chi connectivity index (χ2v) is 7.66. The van der Waals surface area contributed by atoms with Crippen LogP contribution in [0.5, 0.6) is 5.75 Å². The molecule has 0 aliphatic heterocycles. The van der Waals surface area contributed by atoms with Crippen molar-refractivity contribution in [2.75, 3.05) is 13.2 Å². The Hall–Kier alpha value is -1.51. The summed E-state index contributed by atoms with van der Waals surface area (Å²) in [6.07, 6.45) is 12.1. The van der Waals surface area contributed by atoms with Crippen molar-refractivity contribution in [1.82, 2.24) is 0 Å². The molecule has 3 nitrogen and oxygen atoms in total. The average Bonchev–Trinajstić information content (AvgIpc) is 2.77. The molecule has 1 atom stereocenters. The molecule has 25 heavy (non-hydrogen) atoms. The molecule has 0 heterocycles. The molecule has 1 aromatic carbocycles. The zero-order valence-corrected chi connectivity index (χ0v) is 15.6. The largest absolute Gasteiger partial charge is 0.494 e. The summed E-state index contributed by atoms with van der Waals surface area (Å²) in [6, 6.07) is 6.57. The molecule has 0 radical (unpaired) electrons. The smallest absolute Gasteiger partial charge is 0.305 e. The van der Waals surface area contributed by atoms with E-state index < -0.39 is 0 Å². The molecule has 0 amide bonds. The second kappa shape index (κ2) is 9.26. The SMILES string of the molecule is CCOC(=O)CCCOc1ccc2c(c1)CCC(CC1CCC1)CC2. The summed E-state index contributed by atoms with van der Waals surface area (Å²) in [5.41, 5.74) is 2.98. The van der Waals surface area contributed by atoms with Crippen molar-refractivity contribution in [1.29, 1.82) is 0 Å². The predicted octanol–water partition coefficient (Wildman–Crippen LogP) is 5.09. The Bertz CT molecular complexity index is 562. The fourth-order valence-electron chi connectivity index (χ4n) is 4.11. The first kappa shape index (κ1) is 18.3. The molecule has 0 saturated heterocycles. The van der Waals surface area contributed by atoms with Crippen LogP contribution in [-0.4, -0.2) is 19.2 Å². The minimum Gasteiger partial charge on any atom is -0.494 e. The van der Waals surface area contributed by atoms with Gasteiger partial charge in [0.1, 0.15) is 5.75 Å². The molecule has 1 fully saturated rings. The molecule has 3 heteroatoms. The van der Waals surface area contributed by atoms with Gasteiger partial charge in [0, 0.05) is 6.42 Å². The van der Waals surface area contributed by atoms with E-state index in [-0.39, 0.29) is 5.97 Å². The quantitative estimate of drug-likeness (QED) is 0.374. The summed E-state index contributed by atoms with van der Waals surface area (Å²) in [5.74, 6) is 2.74. The number of hydrogen-bond acceptors (Lipinski definition) is 3. The van der Waals surface area contributed by atoms with E-state index in [2.05, 4.69) is 18.2 Å². The van der Waals surface area contributed by atoms with Crippen LogP contribution in [0, 0.1) is 11.8 Å². The van der Waals surface area contributed by atoms with Crippen LogP contribution in [0.2, 0.25) is 0 Å². The Morgan fingerprint density at radius 2 is 1.84 bits per heavy atom. The first-order valence-electron chi connectivity index (χ1n) is 10.1. The summed E-state index contributed by atoms with van der Waals surface area (Å²) in [5, 5.41) is 0. The molecule has 1 unspecified atom stereocenters. The van der Waals surface area contributed by atoms with Crippen molar-refractivity contribution in [3.8, 4) is 5.75 Å². The van der Waals surface area contributed by atoms with Crippen LogP contribution < -0.4 is 4.74 Å². The summed E-state index contributed by atoms with van der Waals surface area (Å²) >= 11 is 0. The van der Waals surface area contributed by atoms with Crippen LogP contribution in [-0.2, 0) is 22.4 Å². The van der Waals surface area contributed by atoms with E-state index in [1.807, 2.05) is 6.92 Å². The fraction of sp³-hybridized carbons (Fsp3) is 0.682. The first-order chi connectivity index (χ1) is 12.2. The van der Waals surface area contributed by atoms with Gasteiger partial charge < -0.3 is 9.47 Å². The van der Waals surface area contributed by atoms with Crippen LogP contribution in [0.4, 0.5) is 0 Å². The zero-order chi connectivity index (χ0) is 17.5. The van der Waals surface area contributed by atoms with Gasteiger partial charge in [0.15, 0.2) is 0 Å². The van der Waals surface area contributed by atoms with Crippen molar-refractivity contribution in [3.05, 3.63) is 29.3 Å². The highest BCUT2D eigenvalue weighted by molar-refractivity contribution is 5.69. The van der Waals surface area contributed by atoms with E-state index >= 15 is 0 Å². The highest BCUT2D eigenvalue weighted by atomic mass is 16.5. The van der Waals surface area contributed by atoms with Gasteiger partial charge in [-0.1, -0.05) is 25.3 Å². The normalized spacial score (nSPS) is 20.3. The Morgan fingerprint density at radius 1 is 1.08 bits per heavy atom. The number of fused-ring (bicyclic) bond motifs is 1. The summed E-state index contributed by atoms with van der Waals surface area (Å²) in [7, 11) is 0. The van der Waals surface area contributed by atoms with Crippen molar-refractivity contribution in [2.24, 2.45) is 11.8 Å². The van der Waals surface area contributed by atoms with Gasteiger partial charge in [-0.25, -0.2) is 0 Å². The maximum atomic E-state index is 11.3. The third-order valence-electron chi connectivity index (χ3n) is 5.81. The summed E-state index contributed by atoms with van der Waals surface area (Å²) in [6.45, 7) is 2.86. The van der Waals surface area contributed by atoms with Gasteiger partial charge in [-0.15, -0.1) is 0 Å². The maximum Gasteiger partial charge on any atom is 0.305 e. The molecule has 2 aliphatic carbocycles. The third-order valence-corrected chi connectivity index (χ3v) is 5.81. The van der Waals surface area contributed by atoms with Crippen molar-refractivity contribution in [2.45, 2.75) is 71.1 Å². The molecule has 0 bridgehead atoms. The maximum absolute atomic E-state index is 11.3. The van der Waals surface area contributed by atoms with E-state index in [0.29, 0.717) is 26.1 Å². The van der Waals surface area contributed by atoms with E-state index in [4.69, 9.17) is 9.47 Å². The van der Waals surface area contributed by atoms with Gasteiger partial charge in [-0.2, -0.15) is 0 Å². The van der Waals surface area contributed by atoms with Gasteiger partial charge in [-0.05, 0) is 80.5 Å². The van der Waals surface area contributed by atoms with E-state index in [1.54, 1.807) is 0 Å². The van der Waals surface area contributed by atoms with Gasteiger partial charge in [0.25, 0.3) is 0 Å². The summed E-state index contributed by atoms with van der Waals surface area (Å²) in [4.78, 5) is 11.3. The zero-order valence-electron chi connectivity index (χ0n) is 15.6. The van der Waals surface area contributed by atoms with Crippen LogP contribution in [0.3, 0.4) is 0 Å². The van der Waals surface area contributed by atoms with Crippen LogP contribution in [0.1, 0.15) is 69.4 Å². The lowest BCUT2D eigenvalue weighted by Gasteiger charge is -2.29. The lowest BCUT2D eigenvalue weighted by atomic mass is 9.77. The van der Waals surface area contributed by atoms with Gasteiger partial charge in [0.05, 0.1) is 13.2 Å².